The Morgan fingerprint density at radius 2 is 1.64 bits per heavy atom. The van der Waals surface area contributed by atoms with Crippen LogP contribution in [-0.2, 0) is 14.8 Å². The largest absolute Gasteiger partial charge is 0.378 e. The summed E-state index contributed by atoms with van der Waals surface area (Å²) in [6, 6.07) is 3.42. The standard InChI is InChI=1S/C18H29N5O4S/c1-3-23(4-2)28(25,26)16-5-6-17(19-15-16)20-7-9-21(10-8-20)18(24)22-11-13-27-14-12-22/h5-6,15H,3-4,7-14H2,1-2H3. The molecule has 28 heavy (non-hydrogen) atoms. The Kier molecular flexibility index (Phi) is 6.73. The Hall–Kier alpha value is -1.91. The van der Waals surface area contributed by atoms with Gasteiger partial charge in [0.05, 0.1) is 13.2 Å². The summed E-state index contributed by atoms with van der Waals surface area (Å²) >= 11 is 0. The number of ether oxygens (including phenoxy) is 1. The molecule has 9 nitrogen and oxygen atoms in total. The highest BCUT2D eigenvalue weighted by Crippen LogP contribution is 2.19. The fourth-order valence-electron chi connectivity index (χ4n) is 3.51. The lowest BCUT2D eigenvalue weighted by molar-refractivity contribution is 0.0428. The molecule has 0 aliphatic carbocycles. The van der Waals surface area contributed by atoms with Crippen molar-refractivity contribution in [3.05, 3.63) is 18.3 Å². The number of aromatic nitrogens is 1. The van der Waals surface area contributed by atoms with Gasteiger partial charge < -0.3 is 19.4 Å². The van der Waals surface area contributed by atoms with Gasteiger partial charge in [0.1, 0.15) is 10.7 Å². The van der Waals surface area contributed by atoms with Crippen molar-refractivity contribution in [1.82, 2.24) is 19.1 Å². The van der Waals surface area contributed by atoms with Crippen LogP contribution in [0.4, 0.5) is 10.6 Å². The van der Waals surface area contributed by atoms with Crippen LogP contribution in [0.3, 0.4) is 0 Å². The Morgan fingerprint density at radius 3 is 2.18 bits per heavy atom. The number of anilines is 1. The molecule has 3 heterocycles. The number of hydrogen-bond acceptors (Lipinski definition) is 6. The first-order valence-corrected chi connectivity index (χ1v) is 11.2. The summed E-state index contributed by atoms with van der Waals surface area (Å²) in [4.78, 5) is 22.9. The highest BCUT2D eigenvalue weighted by atomic mass is 32.2. The van der Waals surface area contributed by atoms with Gasteiger partial charge in [0, 0.05) is 58.6 Å². The average Bonchev–Trinajstić information content (AvgIpc) is 2.75. The van der Waals surface area contributed by atoms with Crippen molar-refractivity contribution in [2.45, 2.75) is 18.7 Å². The van der Waals surface area contributed by atoms with Gasteiger partial charge in [-0.25, -0.2) is 18.2 Å². The van der Waals surface area contributed by atoms with Gasteiger partial charge >= 0.3 is 6.03 Å². The zero-order valence-corrected chi connectivity index (χ0v) is 17.4. The second-order valence-electron chi connectivity index (χ2n) is 6.80. The molecular weight excluding hydrogens is 382 g/mol. The maximum Gasteiger partial charge on any atom is 0.320 e. The number of amides is 2. The van der Waals surface area contributed by atoms with Gasteiger partial charge in [-0.1, -0.05) is 13.8 Å². The monoisotopic (exact) mass is 411 g/mol. The number of carbonyl (C=O) groups excluding carboxylic acids is 1. The molecule has 2 fully saturated rings. The second-order valence-corrected chi connectivity index (χ2v) is 8.74. The number of sulfonamides is 1. The normalized spacial score (nSPS) is 18.6. The van der Waals surface area contributed by atoms with Crippen LogP contribution in [0.2, 0.25) is 0 Å². The van der Waals surface area contributed by atoms with Crippen LogP contribution < -0.4 is 4.90 Å². The molecule has 2 amide bonds. The van der Waals surface area contributed by atoms with Gasteiger partial charge in [0.25, 0.3) is 0 Å². The lowest BCUT2D eigenvalue weighted by Gasteiger charge is -2.38. The van der Waals surface area contributed by atoms with Crippen molar-refractivity contribution in [3.63, 3.8) is 0 Å². The molecule has 0 aromatic carbocycles. The van der Waals surface area contributed by atoms with Crippen LogP contribution in [0, 0.1) is 0 Å². The summed E-state index contributed by atoms with van der Waals surface area (Å²) in [5, 5.41) is 0. The summed E-state index contributed by atoms with van der Waals surface area (Å²) < 4.78 is 31.8. The smallest absolute Gasteiger partial charge is 0.320 e. The predicted octanol–water partition coefficient (Wildman–Crippen LogP) is 0.686. The van der Waals surface area contributed by atoms with Crippen molar-refractivity contribution in [2.75, 3.05) is 70.5 Å². The number of pyridine rings is 1. The zero-order chi connectivity index (χ0) is 20.1. The fourth-order valence-corrected chi connectivity index (χ4v) is 4.91. The van der Waals surface area contributed by atoms with E-state index in [0.29, 0.717) is 65.6 Å². The van der Waals surface area contributed by atoms with E-state index in [0.717, 1.165) is 5.82 Å². The van der Waals surface area contributed by atoms with E-state index in [1.165, 1.54) is 10.5 Å². The van der Waals surface area contributed by atoms with E-state index in [4.69, 9.17) is 4.74 Å². The van der Waals surface area contributed by atoms with E-state index in [-0.39, 0.29) is 10.9 Å². The van der Waals surface area contributed by atoms with E-state index >= 15 is 0 Å². The van der Waals surface area contributed by atoms with E-state index in [9.17, 15) is 13.2 Å². The number of morpholine rings is 1. The number of piperazine rings is 1. The number of rotatable bonds is 5. The van der Waals surface area contributed by atoms with Crippen LogP contribution in [0.5, 0.6) is 0 Å². The van der Waals surface area contributed by atoms with Crippen LogP contribution >= 0.6 is 0 Å². The molecule has 0 bridgehead atoms. The summed E-state index contributed by atoms with van der Waals surface area (Å²) in [6.07, 6.45) is 1.42. The molecule has 1 aromatic rings. The molecule has 3 rings (SSSR count). The highest BCUT2D eigenvalue weighted by Gasteiger charge is 2.27. The van der Waals surface area contributed by atoms with Crippen LogP contribution in [0.15, 0.2) is 23.2 Å². The van der Waals surface area contributed by atoms with Crippen molar-refractivity contribution < 1.29 is 17.9 Å². The number of carbonyl (C=O) groups is 1. The van der Waals surface area contributed by atoms with Crippen LogP contribution in [0.25, 0.3) is 0 Å². The van der Waals surface area contributed by atoms with Gasteiger partial charge in [0.15, 0.2) is 0 Å². The number of hydrogen-bond donors (Lipinski definition) is 0. The molecule has 0 saturated carbocycles. The molecule has 0 unspecified atom stereocenters. The van der Waals surface area contributed by atoms with Gasteiger partial charge in [-0.3, -0.25) is 0 Å². The number of urea groups is 1. The quantitative estimate of drug-likeness (QED) is 0.709. The van der Waals surface area contributed by atoms with Crippen LogP contribution in [-0.4, -0.2) is 99.1 Å². The molecule has 2 aliphatic rings. The molecule has 0 N–H and O–H groups in total. The lowest BCUT2D eigenvalue weighted by Crippen LogP contribution is -2.55. The first kappa shape index (κ1) is 20.8. The Morgan fingerprint density at radius 1 is 1.04 bits per heavy atom. The molecule has 2 saturated heterocycles. The molecule has 156 valence electrons. The zero-order valence-electron chi connectivity index (χ0n) is 16.6. The molecule has 1 aromatic heterocycles. The molecule has 0 spiro atoms. The van der Waals surface area contributed by atoms with E-state index < -0.39 is 10.0 Å². The van der Waals surface area contributed by atoms with Gasteiger partial charge in [-0.05, 0) is 12.1 Å². The summed E-state index contributed by atoms with van der Waals surface area (Å²) in [5.41, 5.74) is 0. The van der Waals surface area contributed by atoms with Crippen molar-refractivity contribution >= 4 is 21.9 Å². The topological polar surface area (TPSA) is 86.3 Å². The van der Waals surface area contributed by atoms with E-state index in [1.54, 1.807) is 12.1 Å². The summed E-state index contributed by atoms with van der Waals surface area (Å²) in [6.45, 7) is 9.56. The highest BCUT2D eigenvalue weighted by molar-refractivity contribution is 7.89. The summed E-state index contributed by atoms with van der Waals surface area (Å²) in [5.74, 6) is 0.733. The number of nitrogens with zero attached hydrogens (tertiary/aromatic N) is 5. The fraction of sp³-hybridized carbons (Fsp3) is 0.667. The first-order valence-electron chi connectivity index (χ1n) is 9.80. The third-order valence-corrected chi connectivity index (χ3v) is 7.25. The van der Waals surface area contributed by atoms with E-state index in [1.807, 2.05) is 23.6 Å². The first-order chi connectivity index (χ1) is 13.5. The average molecular weight is 412 g/mol. The van der Waals surface area contributed by atoms with Crippen LogP contribution in [0.1, 0.15) is 13.8 Å². The Balaban J connectivity index is 1.59. The minimum absolute atomic E-state index is 0.0663. The van der Waals surface area contributed by atoms with Gasteiger partial charge in [-0.2, -0.15) is 4.31 Å². The maximum atomic E-state index is 12.6. The molecular formula is C18H29N5O4S. The molecule has 0 atom stereocenters. The van der Waals surface area contributed by atoms with Crippen molar-refractivity contribution in [3.8, 4) is 0 Å². The molecule has 2 aliphatic heterocycles. The molecule has 10 heteroatoms. The minimum Gasteiger partial charge on any atom is -0.378 e. The summed E-state index contributed by atoms with van der Waals surface area (Å²) in [7, 11) is -3.50. The Labute approximate surface area is 166 Å². The molecule has 0 radical (unpaired) electrons. The minimum atomic E-state index is -3.50. The lowest BCUT2D eigenvalue weighted by atomic mass is 10.3. The van der Waals surface area contributed by atoms with Crippen molar-refractivity contribution in [1.29, 1.82) is 0 Å². The van der Waals surface area contributed by atoms with Gasteiger partial charge in [-0.15, -0.1) is 0 Å². The SMILES string of the molecule is CCN(CC)S(=O)(=O)c1ccc(N2CCN(C(=O)N3CCOCC3)CC2)nc1. The van der Waals surface area contributed by atoms with Crippen molar-refractivity contribution in [2.24, 2.45) is 0 Å². The van der Waals surface area contributed by atoms with Gasteiger partial charge in [0.2, 0.25) is 10.0 Å². The third-order valence-electron chi connectivity index (χ3n) is 5.22. The Bertz CT molecular complexity index is 753. The van der Waals surface area contributed by atoms with E-state index in [2.05, 4.69) is 9.88 Å². The predicted molar refractivity (Wildman–Crippen MR) is 106 cm³/mol. The third kappa shape index (κ3) is 4.39. The second kappa shape index (κ2) is 9.06. The maximum absolute atomic E-state index is 12.6.